The Balaban J connectivity index is 2.39. The van der Waals surface area contributed by atoms with E-state index < -0.39 is 23.2 Å². The summed E-state index contributed by atoms with van der Waals surface area (Å²) in [5, 5.41) is 18.7. The van der Waals surface area contributed by atoms with Gasteiger partial charge in [0.25, 0.3) is 0 Å². The standard InChI is InChI=1S/C16H15FO4/c1-10-6-12(14(18)19)9-16(7-10,15(20)21)8-11-2-4-13(17)5-3-11/h2-7H,8-9H2,1H3,(H,18,19)(H,20,21). The van der Waals surface area contributed by atoms with E-state index in [0.29, 0.717) is 11.1 Å². The van der Waals surface area contributed by atoms with E-state index in [1.807, 2.05) is 0 Å². The van der Waals surface area contributed by atoms with Gasteiger partial charge >= 0.3 is 11.9 Å². The average molecular weight is 290 g/mol. The molecule has 1 unspecified atom stereocenters. The summed E-state index contributed by atoms with van der Waals surface area (Å²) in [6.45, 7) is 1.67. The Hall–Kier alpha value is -2.43. The molecule has 0 heterocycles. The third kappa shape index (κ3) is 3.18. The monoisotopic (exact) mass is 290 g/mol. The van der Waals surface area contributed by atoms with E-state index in [2.05, 4.69) is 0 Å². The smallest absolute Gasteiger partial charge is 0.331 e. The quantitative estimate of drug-likeness (QED) is 0.894. The fourth-order valence-electron chi connectivity index (χ4n) is 2.62. The highest BCUT2D eigenvalue weighted by Gasteiger charge is 2.40. The van der Waals surface area contributed by atoms with Crippen molar-refractivity contribution in [1.82, 2.24) is 0 Å². The first kappa shape index (κ1) is 15.0. The molecule has 1 aliphatic carbocycles. The van der Waals surface area contributed by atoms with E-state index in [0.717, 1.165) is 0 Å². The molecule has 1 aromatic carbocycles. The van der Waals surface area contributed by atoms with Crippen LogP contribution in [0.3, 0.4) is 0 Å². The Labute approximate surface area is 121 Å². The first-order valence-corrected chi connectivity index (χ1v) is 6.43. The van der Waals surface area contributed by atoms with Crippen LogP contribution in [0.2, 0.25) is 0 Å². The molecule has 2 rings (SSSR count). The molecule has 110 valence electrons. The number of carboxylic acids is 2. The molecule has 0 saturated carbocycles. The SMILES string of the molecule is CC1=CC(Cc2ccc(F)cc2)(C(=O)O)CC(C(=O)O)=C1. The lowest BCUT2D eigenvalue weighted by Gasteiger charge is -2.30. The molecule has 4 nitrogen and oxygen atoms in total. The molecule has 1 atom stereocenters. The van der Waals surface area contributed by atoms with Gasteiger partial charge in [0, 0.05) is 5.57 Å². The van der Waals surface area contributed by atoms with Gasteiger partial charge in [0.2, 0.25) is 0 Å². The zero-order valence-electron chi connectivity index (χ0n) is 11.5. The molecule has 0 radical (unpaired) electrons. The molecular weight excluding hydrogens is 275 g/mol. The first-order valence-electron chi connectivity index (χ1n) is 6.43. The van der Waals surface area contributed by atoms with Crippen molar-refractivity contribution in [2.24, 2.45) is 5.41 Å². The van der Waals surface area contributed by atoms with Gasteiger partial charge in [-0.15, -0.1) is 0 Å². The number of carbonyl (C=O) groups is 2. The van der Waals surface area contributed by atoms with Gasteiger partial charge in [-0.25, -0.2) is 9.18 Å². The summed E-state index contributed by atoms with van der Waals surface area (Å²) in [5.41, 5.74) is 0.00172. The van der Waals surface area contributed by atoms with Gasteiger partial charge in [-0.3, -0.25) is 4.79 Å². The molecule has 1 aromatic rings. The van der Waals surface area contributed by atoms with Crippen molar-refractivity contribution in [3.8, 4) is 0 Å². The minimum atomic E-state index is -1.32. The minimum absolute atomic E-state index is 0.0690. The van der Waals surface area contributed by atoms with E-state index in [1.54, 1.807) is 13.0 Å². The zero-order valence-corrected chi connectivity index (χ0v) is 11.5. The van der Waals surface area contributed by atoms with Gasteiger partial charge < -0.3 is 10.2 Å². The maximum Gasteiger partial charge on any atom is 0.331 e. The molecule has 0 spiro atoms. The minimum Gasteiger partial charge on any atom is -0.481 e. The number of hydrogen-bond acceptors (Lipinski definition) is 2. The number of benzene rings is 1. The van der Waals surface area contributed by atoms with Crippen LogP contribution in [0.5, 0.6) is 0 Å². The molecule has 1 aliphatic rings. The summed E-state index contributed by atoms with van der Waals surface area (Å²) in [6.07, 6.45) is 3.08. The van der Waals surface area contributed by atoms with Crippen molar-refractivity contribution in [3.05, 3.63) is 58.9 Å². The molecule has 0 saturated heterocycles. The van der Waals surface area contributed by atoms with Gasteiger partial charge in [-0.1, -0.05) is 23.8 Å². The van der Waals surface area contributed by atoms with Crippen LogP contribution < -0.4 is 0 Å². The van der Waals surface area contributed by atoms with E-state index in [1.165, 1.54) is 30.3 Å². The van der Waals surface area contributed by atoms with Crippen LogP contribution in [0.4, 0.5) is 4.39 Å². The highest BCUT2D eigenvalue weighted by molar-refractivity contribution is 5.90. The maximum absolute atomic E-state index is 12.9. The summed E-state index contributed by atoms with van der Waals surface area (Å²) in [7, 11) is 0. The molecule has 0 aromatic heterocycles. The van der Waals surface area contributed by atoms with E-state index >= 15 is 0 Å². The Morgan fingerprint density at radius 2 is 1.86 bits per heavy atom. The fraction of sp³-hybridized carbons (Fsp3) is 0.250. The van der Waals surface area contributed by atoms with Gasteiger partial charge in [0.15, 0.2) is 0 Å². The van der Waals surface area contributed by atoms with Crippen LogP contribution in [-0.4, -0.2) is 22.2 Å². The van der Waals surface area contributed by atoms with Crippen molar-refractivity contribution < 1.29 is 24.2 Å². The van der Waals surface area contributed by atoms with Crippen LogP contribution in [0, 0.1) is 11.2 Å². The number of carboxylic acid groups (broad SMARTS) is 2. The van der Waals surface area contributed by atoms with Gasteiger partial charge in [0.1, 0.15) is 5.82 Å². The van der Waals surface area contributed by atoms with E-state index in [4.69, 9.17) is 5.11 Å². The summed E-state index contributed by atoms with van der Waals surface area (Å²) >= 11 is 0. The van der Waals surface area contributed by atoms with Gasteiger partial charge in [0.05, 0.1) is 5.41 Å². The third-order valence-electron chi connectivity index (χ3n) is 3.55. The lowest BCUT2D eigenvalue weighted by Crippen LogP contribution is -2.35. The number of hydrogen-bond donors (Lipinski definition) is 2. The number of rotatable bonds is 4. The summed E-state index contributed by atoms with van der Waals surface area (Å²) < 4.78 is 12.9. The highest BCUT2D eigenvalue weighted by atomic mass is 19.1. The molecule has 0 amide bonds. The van der Waals surface area contributed by atoms with Crippen molar-refractivity contribution in [1.29, 1.82) is 0 Å². The lowest BCUT2D eigenvalue weighted by molar-refractivity contribution is -0.146. The average Bonchev–Trinajstić information content (AvgIpc) is 2.40. The predicted octanol–water partition coefficient (Wildman–Crippen LogP) is 2.80. The van der Waals surface area contributed by atoms with Crippen LogP contribution in [0.25, 0.3) is 0 Å². The Morgan fingerprint density at radius 3 is 2.38 bits per heavy atom. The number of halogens is 1. The first-order chi connectivity index (χ1) is 9.82. The van der Waals surface area contributed by atoms with E-state index in [9.17, 15) is 19.1 Å². The van der Waals surface area contributed by atoms with Crippen molar-refractivity contribution in [3.63, 3.8) is 0 Å². The summed E-state index contributed by atoms with van der Waals surface area (Å²) in [4.78, 5) is 22.9. The van der Waals surface area contributed by atoms with Crippen LogP contribution in [0.15, 0.2) is 47.6 Å². The third-order valence-corrected chi connectivity index (χ3v) is 3.55. The van der Waals surface area contributed by atoms with Crippen LogP contribution >= 0.6 is 0 Å². The Bertz CT molecular complexity index is 643. The zero-order chi connectivity index (χ0) is 15.6. The van der Waals surface area contributed by atoms with Crippen LogP contribution in [-0.2, 0) is 16.0 Å². The van der Waals surface area contributed by atoms with Crippen molar-refractivity contribution >= 4 is 11.9 Å². The summed E-state index contributed by atoms with van der Waals surface area (Å²) in [6, 6.07) is 5.56. The number of allylic oxidation sites excluding steroid dienone is 2. The molecule has 0 bridgehead atoms. The maximum atomic E-state index is 12.9. The second kappa shape index (κ2) is 5.52. The van der Waals surface area contributed by atoms with Crippen molar-refractivity contribution in [2.45, 2.75) is 19.8 Å². The van der Waals surface area contributed by atoms with Crippen molar-refractivity contribution in [2.75, 3.05) is 0 Å². The predicted molar refractivity (Wildman–Crippen MR) is 74.3 cm³/mol. The molecule has 0 aliphatic heterocycles. The molecule has 2 N–H and O–H groups in total. The lowest BCUT2D eigenvalue weighted by atomic mass is 9.72. The fourth-order valence-corrected chi connectivity index (χ4v) is 2.62. The second-order valence-electron chi connectivity index (χ2n) is 5.30. The molecule has 5 heteroatoms. The Kier molecular flexibility index (Phi) is 3.93. The number of aliphatic carboxylic acids is 2. The van der Waals surface area contributed by atoms with Crippen LogP contribution in [0.1, 0.15) is 18.9 Å². The molecular formula is C16H15FO4. The van der Waals surface area contributed by atoms with Gasteiger partial charge in [-0.2, -0.15) is 0 Å². The molecule has 21 heavy (non-hydrogen) atoms. The Morgan fingerprint density at radius 1 is 1.24 bits per heavy atom. The normalized spacial score (nSPS) is 21.4. The second-order valence-corrected chi connectivity index (χ2v) is 5.30. The largest absolute Gasteiger partial charge is 0.481 e. The topological polar surface area (TPSA) is 74.6 Å². The highest BCUT2D eigenvalue weighted by Crippen LogP contribution is 2.38. The van der Waals surface area contributed by atoms with E-state index in [-0.39, 0.29) is 18.4 Å². The molecule has 0 fully saturated rings. The van der Waals surface area contributed by atoms with Gasteiger partial charge in [-0.05, 0) is 43.5 Å². The summed E-state index contributed by atoms with van der Waals surface area (Å²) in [5.74, 6) is -2.60.